The summed E-state index contributed by atoms with van der Waals surface area (Å²) < 4.78 is 51.0. The molecule has 1 aliphatic rings. The Labute approximate surface area is 614 Å². The normalized spacial score (nSPS) is 15.6. The summed E-state index contributed by atoms with van der Waals surface area (Å²) in [6, 6.07) is 68.4. The number of rotatable bonds is 8. The first-order valence-electron chi connectivity index (χ1n) is 38.2. The minimum Gasteiger partial charge on any atom is -0.494 e. The van der Waals surface area contributed by atoms with E-state index in [1.165, 1.54) is 0 Å². The third-order valence-corrected chi connectivity index (χ3v) is 19.1. The smallest absolute Gasteiger partial charge is 0.196 e. The van der Waals surface area contributed by atoms with Gasteiger partial charge in [0.2, 0.25) is 0 Å². The zero-order valence-electron chi connectivity index (χ0n) is 60.3. The first-order valence-corrected chi connectivity index (χ1v) is 38.2. The zero-order chi connectivity index (χ0) is 71.6. The van der Waals surface area contributed by atoms with Gasteiger partial charge < -0.3 is 37.9 Å². The van der Waals surface area contributed by atoms with Crippen molar-refractivity contribution < 1.29 is 57.1 Å². The van der Waals surface area contributed by atoms with E-state index in [0.29, 0.717) is 120 Å². The second-order valence-electron chi connectivity index (χ2n) is 27.1. The Morgan fingerprint density at radius 2 is 0.375 bits per heavy atom. The summed E-state index contributed by atoms with van der Waals surface area (Å²) in [6.45, 7) is 4.19. The van der Waals surface area contributed by atoms with Crippen molar-refractivity contribution in [3.8, 4) is 46.0 Å². The molecule has 0 amide bonds. The van der Waals surface area contributed by atoms with E-state index >= 15 is 0 Å². The summed E-state index contributed by atoms with van der Waals surface area (Å²) in [6.07, 6.45) is 23.5. The fourth-order valence-corrected chi connectivity index (χ4v) is 13.2. The molecule has 10 aromatic carbocycles. The molecule has 0 fully saturated rings. The van der Waals surface area contributed by atoms with Gasteiger partial charge in [0.25, 0.3) is 0 Å². The van der Waals surface area contributed by atoms with E-state index in [1.54, 1.807) is 72.8 Å². The van der Waals surface area contributed by atoms with Crippen LogP contribution in [0.25, 0.3) is 21.5 Å². The molecular formula is C92H100O12. The highest BCUT2D eigenvalue weighted by Crippen LogP contribution is 2.37. The van der Waals surface area contributed by atoms with E-state index in [-0.39, 0.29) is 23.1 Å². The van der Waals surface area contributed by atoms with Crippen molar-refractivity contribution in [2.75, 3.05) is 52.9 Å². The third kappa shape index (κ3) is 22.9. The molecule has 104 heavy (non-hydrogen) atoms. The number of carbonyl (C=O) groups excluding carboxylic acids is 4. The summed E-state index contributed by atoms with van der Waals surface area (Å²) in [5.41, 5.74) is 3.42. The van der Waals surface area contributed by atoms with Crippen LogP contribution in [-0.2, 0) is 0 Å². The highest BCUT2D eigenvalue weighted by atomic mass is 16.5. The van der Waals surface area contributed by atoms with Crippen LogP contribution in [0, 0.1) is 0 Å². The van der Waals surface area contributed by atoms with Crippen LogP contribution in [0.2, 0.25) is 0 Å². The molecule has 0 aromatic heterocycles. The summed E-state index contributed by atoms with van der Waals surface area (Å²) in [4.78, 5) is 57.0. The van der Waals surface area contributed by atoms with Crippen LogP contribution in [-0.4, -0.2) is 76.0 Å². The molecular weight excluding hydrogens is 1300 g/mol. The van der Waals surface area contributed by atoms with Crippen LogP contribution in [0.5, 0.6) is 46.0 Å². The molecule has 0 atom stereocenters. The van der Waals surface area contributed by atoms with Gasteiger partial charge in [-0.05, 0) is 134 Å². The van der Waals surface area contributed by atoms with Crippen molar-refractivity contribution in [3.05, 3.63) is 263 Å². The number of ketones is 4. The number of hydrogen-bond donors (Lipinski definition) is 0. The molecule has 12 nitrogen and oxygen atoms in total. The van der Waals surface area contributed by atoms with Gasteiger partial charge in [-0.2, -0.15) is 0 Å². The van der Waals surface area contributed by atoms with Crippen molar-refractivity contribution in [1.29, 1.82) is 0 Å². The maximum atomic E-state index is 14.2. The Bertz CT molecular complexity index is 3790. The van der Waals surface area contributed by atoms with E-state index in [2.05, 4.69) is 48.5 Å². The Balaban J connectivity index is 0.700. The topological polar surface area (TPSA) is 142 Å². The van der Waals surface area contributed by atoms with Gasteiger partial charge in [-0.25, -0.2) is 0 Å². The molecule has 12 heteroatoms. The molecule has 0 spiro atoms. The van der Waals surface area contributed by atoms with Crippen LogP contribution in [0.4, 0.5) is 0 Å². The van der Waals surface area contributed by atoms with Crippen LogP contribution < -0.4 is 37.9 Å². The molecule has 540 valence electrons. The molecule has 0 unspecified atom stereocenters. The van der Waals surface area contributed by atoms with Crippen molar-refractivity contribution in [2.24, 2.45) is 0 Å². The average molecular weight is 1400 g/mol. The van der Waals surface area contributed by atoms with Gasteiger partial charge >= 0.3 is 0 Å². The predicted octanol–water partition coefficient (Wildman–Crippen LogP) is 22.4. The second-order valence-corrected chi connectivity index (χ2v) is 27.1. The molecule has 11 rings (SSSR count). The first-order chi connectivity index (χ1) is 51.3. The minimum absolute atomic E-state index is 0.212. The van der Waals surface area contributed by atoms with Crippen molar-refractivity contribution in [3.63, 3.8) is 0 Å². The lowest BCUT2D eigenvalue weighted by atomic mass is 9.95. The monoisotopic (exact) mass is 1400 g/mol. The number of carbonyl (C=O) groups is 4. The molecule has 0 saturated heterocycles. The molecule has 0 radical (unpaired) electrons. The molecule has 1 heterocycles. The van der Waals surface area contributed by atoms with Gasteiger partial charge in [-0.1, -0.05) is 248 Å². The molecule has 0 saturated carbocycles. The molecule has 0 aliphatic carbocycles. The van der Waals surface area contributed by atoms with Crippen LogP contribution in [0.15, 0.2) is 218 Å². The summed E-state index contributed by atoms with van der Waals surface area (Å²) in [5, 5.41) is 4.41. The standard InChI is InChI=1S/C92H100O12/c93-89(71-37-21-17-22-38-71)81-65-82(90(94)72-39-23-18-24-40-72)86-67-85(81)101-57-33-13-5-1-9-29-53-97-77-49-45-69-46-50-78(62-75(69)61-77)98-54-30-10-3-7-15-35-59-103-87-68-88(84(92(96)74-43-27-20-28-44-74)66-83(87)91(95)73-41-25-19-26-42-73)104-60-36-16-8-4-12-32-56-100-80-52-48-70-47-51-79(63-76(70)64-80)99-55-31-11-2-6-14-34-58-102-86/h17-28,37-52,61-68H,1-16,29-36,53-60H2. The summed E-state index contributed by atoms with van der Waals surface area (Å²) in [7, 11) is 0. The van der Waals surface area contributed by atoms with E-state index in [4.69, 9.17) is 37.9 Å². The third-order valence-electron chi connectivity index (χ3n) is 19.1. The number of ether oxygens (including phenoxy) is 8. The zero-order valence-corrected chi connectivity index (χ0v) is 60.3. The van der Waals surface area contributed by atoms with Crippen molar-refractivity contribution in [1.82, 2.24) is 0 Å². The Kier molecular flexibility index (Phi) is 29.7. The molecule has 0 N–H and O–H groups in total. The second kappa shape index (κ2) is 41.2. The lowest BCUT2D eigenvalue weighted by Crippen LogP contribution is -2.12. The van der Waals surface area contributed by atoms with E-state index in [0.717, 1.165) is 199 Å². The number of hydrogen-bond acceptors (Lipinski definition) is 12. The van der Waals surface area contributed by atoms with E-state index in [1.807, 2.05) is 97.1 Å². The van der Waals surface area contributed by atoms with Crippen LogP contribution in [0.3, 0.4) is 0 Å². The van der Waals surface area contributed by atoms with Gasteiger partial charge in [-0.15, -0.1) is 0 Å². The largest absolute Gasteiger partial charge is 0.494 e. The van der Waals surface area contributed by atoms with Gasteiger partial charge in [0.15, 0.2) is 23.1 Å². The Hall–Kier alpha value is -10.2. The van der Waals surface area contributed by atoms with Gasteiger partial charge in [0.05, 0.1) is 75.1 Å². The first kappa shape index (κ1) is 75.0. The summed E-state index contributed by atoms with van der Waals surface area (Å²) in [5.74, 6) is 4.19. The molecule has 10 bridgehead atoms. The number of benzene rings is 10. The van der Waals surface area contributed by atoms with Crippen molar-refractivity contribution >= 4 is 44.7 Å². The quantitative estimate of drug-likeness (QED) is 0.134. The van der Waals surface area contributed by atoms with Crippen LogP contribution >= 0.6 is 0 Å². The lowest BCUT2D eigenvalue weighted by Gasteiger charge is -2.17. The lowest BCUT2D eigenvalue weighted by molar-refractivity contribution is 0.101. The highest BCUT2D eigenvalue weighted by Gasteiger charge is 2.26. The molecule has 1 aliphatic heterocycles. The Morgan fingerprint density at radius 3 is 0.587 bits per heavy atom. The maximum Gasteiger partial charge on any atom is 0.196 e. The fraction of sp³-hybridized carbons (Fsp3) is 0.348. The number of fused-ring (bicyclic) bond motifs is 8. The van der Waals surface area contributed by atoms with Crippen LogP contribution in [0.1, 0.15) is 218 Å². The SMILES string of the molecule is O=C(c1ccccc1)c1cc(C(=O)c2ccccc2)c2cc1OCCCCCCCCOc1ccc3ccc(cc3c1)OCCCCCCCCOc1cc(c(C(=O)c3ccccc3)cc1C(=O)c1ccccc1)OCCCCCCCCOc1ccc3ccc(cc3c1)OCCCCCCCCO2. The van der Waals surface area contributed by atoms with Gasteiger partial charge in [-0.3, -0.25) is 19.2 Å². The summed E-state index contributed by atoms with van der Waals surface area (Å²) >= 11 is 0. The highest BCUT2D eigenvalue weighted by molar-refractivity contribution is 6.17. The van der Waals surface area contributed by atoms with Gasteiger partial charge in [0.1, 0.15) is 46.0 Å². The van der Waals surface area contributed by atoms with E-state index < -0.39 is 0 Å². The molecule has 10 aromatic rings. The Morgan fingerprint density at radius 1 is 0.183 bits per heavy atom. The van der Waals surface area contributed by atoms with Crippen molar-refractivity contribution in [2.45, 2.75) is 154 Å². The average Bonchev–Trinajstić information content (AvgIpc) is 0.792. The van der Waals surface area contributed by atoms with E-state index in [9.17, 15) is 19.2 Å². The predicted molar refractivity (Wildman–Crippen MR) is 415 cm³/mol. The maximum absolute atomic E-state index is 14.2. The minimum atomic E-state index is -0.212. The fourth-order valence-electron chi connectivity index (χ4n) is 13.2. The van der Waals surface area contributed by atoms with Gasteiger partial charge in [0, 0.05) is 34.4 Å².